The molecule has 0 bridgehead atoms. The van der Waals surface area contributed by atoms with E-state index in [1.807, 2.05) is 11.3 Å². The van der Waals surface area contributed by atoms with Gasteiger partial charge in [0.15, 0.2) is 0 Å². The third-order valence-corrected chi connectivity index (χ3v) is 4.59. The Morgan fingerprint density at radius 1 is 1.26 bits per heavy atom. The Hall–Kier alpha value is -0.380. The van der Waals surface area contributed by atoms with E-state index in [-0.39, 0.29) is 0 Å². The van der Waals surface area contributed by atoms with Crippen molar-refractivity contribution < 1.29 is 0 Å². The predicted molar refractivity (Wildman–Crippen MR) is 87.1 cm³/mol. The molecule has 110 valence electrons. The quantitative estimate of drug-likeness (QED) is 0.621. The molecule has 0 saturated carbocycles. The van der Waals surface area contributed by atoms with E-state index >= 15 is 0 Å². The molecule has 0 aliphatic rings. The minimum absolute atomic E-state index is 0.653. The molecule has 19 heavy (non-hydrogen) atoms. The Morgan fingerprint density at radius 2 is 2.05 bits per heavy atom. The van der Waals surface area contributed by atoms with Crippen LogP contribution in [0.5, 0.6) is 0 Å². The highest BCUT2D eigenvalue weighted by Gasteiger charge is 2.09. The number of hydrogen-bond donors (Lipinski definition) is 1. The van der Waals surface area contributed by atoms with Gasteiger partial charge in [0, 0.05) is 10.9 Å². The molecule has 0 aromatic carbocycles. The lowest BCUT2D eigenvalue weighted by Crippen LogP contribution is -2.31. The number of unbranched alkanes of at least 4 members (excludes halogenated alkanes) is 3. The molecule has 1 heterocycles. The highest BCUT2D eigenvalue weighted by molar-refractivity contribution is 7.09. The normalized spacial score (nSPS) is 13.1. The second-order valence-electron chi connectivity index (χ2n) is 5.38. The van der Waals surface area contributed by atoms with Crippen LogP contribution in [0.25, 0.3) is 0 Å². The molecule has 3 heteroatoms. The second-order valence-corrected chi connectivity index (χ2v) is 6.41. The second kappa shape index (κ2) is 10.4. The summed E-state index contributed by atoms with van der Waals surface area (Å²) in [6.07, 6.45) is 6.57. The highest BCUT2D eigenvalue weighted by atomic mass is 32.1. The first-order valence-corrected chi connectivity index (χ1v) is 8.55. The molecule has 1 N–H and O–H groups in total. The molecule has 0 radical (unpaired) electrons. The van der Waals surface area contributed by atoms with Gasteiger partial charge in [-0.2, -0.15) is 0 Å². The lowest BCUT2D eigenvalue weighted by Gasteiger charge is -2.24. The van der Waals surface area contributed by atoms with Crippen molar-refractivity contribution >= 4 is 11.3 Å². The van der Waals surface area contributed by atoms with Crippen molar-refractivity contribution in [1.29, 1.82) is 0 Å². The maximum Gasteiger partial charge on any atom is 0.0112 e. The van der Waals surface area contributed by atoms with Crippen LogP contribution in [-0.2, 0) is 6.42 Å². The summed E-state index contributed by atoms with van der Waals surface area (Å²) in [5.41, 5.74) is 0. The molecule has 1 aromatic rings. The van der Waals surface area contributed by atoms with E-state index in [1.54, 1.807) is 0 Å². The maximum atomic E-state index is 3.38. The summed E-state index contributed by atoms with van der Waals surface area (Å²) in [7, 11) is 2.26. The van der Waals surface area contributed by atoms with Crippen molar-refractivity contribution in [3.63, 3.8) is 0 Å². The molecule has 1 rings (SSSR count). The fraction of sp³-hybridized carbons (Fsp3) is 0.750. The van der Waals surface area contributed by atoms with Crippen LogP contribution in [0.4, 0.5) is 0 Å². The van der Waals surface area contributed by atoms with Gasteiger partial charge in [-0.15, -0.1) is 11.3 Å². The summed E-state index contributed by atoms with van der Waals surface area (Å²) >= 11 is 1.87. The minimum Gasteiger partial charge on any atom is -0.317 e. The van der Waals surface area contributed by atoms with Crippen LogP contribution in [0, 0.1) is 0 Å². The molecule has 1 atom stereocenters. The molecule has 0 fully saturated rings. The number of nitrogens with one attached hydrogen (secondary N) is 1. The van der Waals surface area contributed by atoms with Gasteiger partial charge >= 0.3 is 0 Å². The first-order chi connectivity index (χ1) is 9.24. The van der Waals surface area contributed by atoms with Crippen LogP contribution in [0.2, 0.25) is 0 Å². The number of likely N-dealkylation sites (N-methyl/N-ethyl adjacent to an activating group) is 1. The van der Waals surface area contributed by atoms with Gasteiger partial charge < -0.3 is 10.2 Å². The van der Waals surface area contributed by atoms with E-state index in [9.17, 15) is 0 Å². The van der Waals surface area contributed by atoms with E-state index in [0.29, 0.717) is 6.04 Å². The first-order valence-electron chi connectivity index (χ1n) is 7.67. The molecular formula is C16H30N2S. The van der Waals surface area contributed by atoms with Crippen LogP contribution in [-0.4, -0.2) is 37.6 Å². The standard InChI is InChI=1S/C16H30N2S/c1-4-17-11-7-5-6-8-12-18(3)15(2)14-16-10-9-13-19-16/h9-10,13,15,17H,4-8,11-12,14H2,1-3H3. The number of hydrogen-bond acceptors (Lipinski definition) is 3. The van der Waals surface area contributed by atoms with E-state index in [1.165, 1.54) is 50.1 Å². The Balaban J connectivity index is 2.02. The minimum atomic E-state index is 0.653. The van der Waals surface area contributed by atoms with Gasteiger partial charge in [-0.05, 0) is 64.3 Å². The largest absolute Gasteiger partial charge is 0.317 e. The van der Waals surface area contributed by atoms with Crippen LogP contribution < -0.4 is 5.32 Å². The fourth-order valence-corrected chi connectivity index (χ4v) is 3.06. The zero-order valence-electron chi connectivity index (χ0n) is 12.8. The molecule has 1 aromatic heterocycles. The van der Waals surface area contributed by atoms with Crippen LogP contribution in [0.3, 0.4) is 0 Å². The van der Waals surface area contributed by atoms with Crippen LogP contribution in [0.15, 0.2) is 17.5 Å². The molecule has 0 saturated heterocycles. The maximum absolute atomic E-state index is 3.38. The van der Waals surface area contributed by atoms with Crippen molar-refractivity contribution in [2.75, 3.05) is 26.7 Å². The van der Waals surface area contributed by atoms with Gasteiger partial charge in [0.1, 0.15) is 0 Å². The van der Waals surface area contributed by atoms with Gasteiger partial charge in [-0.1, -0.05) is 25.8 Å². The smallest absolute Gasteiger partial charge is 0.0112 e. The lowest BCUT2D eigenvalue weighted by molar-refractivity contribution is 0.251. The fourth-order valence-electron chi connectivity index (χ4n) is 2.24. The Morgan fingerprint density at radius 3 is 2.74 bits per heavy atom. The van der Waals surface area contributed by atoms with Gasteiger partial charge in [0.05, 0.1) is 0 Å². The van der Waals surface area contributed by atoms with Gasteiger partial charge in [0.2, 0.25) is 0 Å². The monoisotopic (exact) mass is 282 g/mol. The third kappa shape index (κ3) is 7.71. The molecule has 1 unspecified atom stereocenters. The van der Waals surface area contributed by atoms with Crippen molar-refractivity contribution in [2.45, 2.75) is 52.0 Å². The summed E-state index contributed by atoms with van der Waals surface area (Å²) in [6, 6.07) is 5.05. The average molecular weight is 282 g/mol. The Bertz CT molecular complexity index is 298. The van der Waals surface area contributed by atoms with Gasteiger partial charge in [-0.3, -0.25) is 0 Å². The summed E-state index contributed by atoms with van der Waals surface area (Å²) in [5.74, 6) is 0. The molecular weight excluding hydrogens is 252 g/mol. The summed E-state index contributed by atoms with van der Waals surface area (Å²) in [5, 5.41) is 5.55. The number of nitrogens with zero attached hydrogens (tertiary/aromatic N) is 1. The van der Waals surface area contributed by atoms with Crippen LogP contribution >= 0.6 is 11.3 Å². The number of thiophene rings is 1. The zero-order valence-corrected chi connectivity index (χ0v) is 13.6. The average Bonchev–Trinajstić information content (AvgIpc) is 2.90. The third-order valence-electron chi connectivity index (χ3n) is 3.69. The van der Waals surface area contributed by atoms with Crippen LogP contribution in [0.1, 0.15) is 44.4 Å². The summed E-state index contributed by atoms with van der Waals surface area (Å²) in [6.45, 7) is 8.02. The summed E-state index contributed by atoms with van der Waals surface area (Å²) in [4.78, 5) is 4.01. The molecule has 0 amide bonds. The Kier molecular flexibility index (Phi) is 9.14. The SMILES string of the molecule is CCNCCCCCCN(C)C(C)Cc1cccs1. The molecule has 0 spiro atoms. The Labute approximate surface area is 123 Å². The topological polar surface area (TPSA) is 15.3 Å². The highest BCUT2D eigenvalue weighted by Crippen LogP contribution is 2.14. The number of rotatable bonds is 11. The van der Waals surface area contributed by atoms with Crippen molar-refractivity contribution in [2.24, 2.45) is 0 Å². The molecule has 0 aliphatic heterocycles. The van der Waals surface area contributed by atoms with E-state index in [4.69, 9.17) is 0 Å². The summed E-state index contributed by atoms with van der Waals surface area (Å²) < 4.78 is 0. The lowest BCUT2D eigenvalue weighted by atomic mass is 10.1. The molecule has 2 nitrogen and oxygen atoms in total. The van der Waals surface area contributed by atoms with E-state index in [2.05, 4.69) is 48.6 Å². The zero-order chi connectivity index (χ0) is 13.9. The molecule has 0 aliphatic carbocycles. The van der Waals surface area contributed by atoms with Crippen molar-refractivity contribution in [1.82, 2.24) is 10.2 Å². The van der Waals surface area contributed by atoms with Crippen molar-refractivity contribution in [3.05, 3.63) is 22.4 Å². The first kappa shape index (κ1) is 16.7. The van der Waals surface area contributed by atoms with Crippen molar-refractivity contribution in [3.8, 4) is 0 Å². The van der Waals surface area contributed by atoms with Gasteiger partial charge in [-0.25, -0.2) is 0 Å². The van der Waals surface area contributed by atoms with E-state index < -0.39 is 0 Å². The van der Waals surface area contributed by atoms with Gasteiger partial charge in [0.25, 0.3) is 0 Å². The predicted octanol–water partition coefficient (Wildman–Crippen LogP) is 3.78. The van der Waals surface area contributed by atoms with E-state index in [0.717, 1.165) is 6.54 Å².